The molecule has 0 spiro atoms. The predicted octanol–water partition coefficient (Wildman–Crippen LogP) is 4.53. The molecule has 0 aromatic carbocycles. The van der Waals surface area contributed by atoms with E-state index in [1.807, 2.05) is 0 Å². The molecule has 1 aromatic heterocycles. The highest BCUT2D eigenvalue weighted by atomic mass is 28.4. The van der Waals surface area contributed by atoms with Crippen LogP contribution in [0.25, 0.3) is 4.98 Å². The monoisotopic (exact) mass is 353 g/mol. The molecule has 0 aliphatic carbocycles. The first-order valence-corrected chi connectivity index (χ1v) is 10.5. The Balaban J connectivity index is 3.16. The maximum absolute atomic E-state index is 11.5. The van der Waals surface area contributed by atoms with Crippen LogP contribution in [0.3, 0.4) is 0 Å². The SMILES string of the molecule is COC(=O)/C([N+]#N)=C(\O)CC(O[Si](C)(C)C(C)(C)C)c1ccco1. The lowest BCUT2D eigenvalue weighted by Gasteiger charge is -2.38. The Labute approximate surface area is 143 Å². The summed E-state index contributed by atoms with van der Waals surface area (Å²) in [6.45, 7) is 10.4. The number of carbonyl (C=O) groups is 1. The molecule has 132 valence electrons. The van der Waals surface area contributed by atoms with Crippen molar-refractivity contribution in [3.63, 3.8) is 0 Å². The van der Waals surface area contributed by atoms with Crippen molar-refractivity contribution >= 4 is 14.3 Å². The van der Waals surface area contributed by atoms with Crippen molar-refractivity contribution in [3.8, 4) is 0 Å². The first-order valence-electron chi connectivity index (χ1n) is 7.60. The molecule has 1 unspecified atom stereocenters. The normalized spacial score (nSPS) is 14.5. The zero-order chi connectivity index (χ0) is 18.5. The van der Waals surface area contributed by atoms with Crippen molar-refractivity contribution in [3.05, 3.63) is 40.6 Å². The van der Waals surface area contributed by atoms with Gasteiger partial charge in [0.2, 0.25) is 5.39 Å². The van der Waals surface area contributed by atoms with Crippen LogP contribution in [0.2, 0.25) is 18.1 Å². The van der Waals surface area contributed by atoms with Gasteiger partial charge in [-0.1, -0.05) is 20.8 Å². The van der Waals surface area contributed by atoms with Crippen LogP contribution in [-0.4, -0.2) is 26.5 Å². The molecule has 1 rings (SSSR count). The smallest absolute Gasteiger partial charge is 0.505 e. The van der Waals surface area contributed by atoms with Gasteiger partial charge in [-0.2, -0.15) is 0 Å². The highest BCUT2D eigenvalue weighted by Gasteiger charge is 2.41. The molecule has 1 heterocycles. The number of esters is 1. The number of nitrogens with zero attached hydrogens (tertiary/aromatic N) is 2. The lowest BCUT2D eigenvalue weighted by molar-refractivity contribution is -0.136. The van der Waals surface area contributed by atoms with Crippen LogP contribution in [0.4, 0.5) is 0 Å². The van der Waals surface area contributed by atoms with E-state index in [1.165, 1.54) is 6.26 Å². The Morgan fingerprint density at radius 2 is 2.08 bits per heavy atom. The molecule has 0 fully saturated rings. The third-order valence-electron chi connectivity index (χ3n) is 4.23. The molecule has 0 saturated carbocycles. The molecular weight excluding hydrogens is 328 g/mol. The molecule has 24 heavy (non-hydrogen) atoms. The number of rotatable bonds is 6. The maximum Gasteiger partial charge on any atom is 0.505 e. The minimum Gasteiger partial charge on any atom is -0.505 e. The van der Waals surface area contributed by atoms with E-state index in [2.05, 4.69) is 43.6 Å². The first-order chi connectivity index (χ1) is 11.0. The Morgan fingerprint density at radius 1 is 1.46 bits per heavy atom. The van der Waals surface area contributed by atoms with Crippen molar-refractivity contribution in [2.24, 2.45) is 0 Å². The van der Waals surface area contributed by atoms with Crippen molar-refractivity contribution < 1.29 is 23.5 Å². The van der Waals surface area contributed by atoms with Crippen molar-refractivity contribution in [1.82, 2.24) is 0 Å². The van der Waals surface area contributed by atoms with Crippen LogP contribution in [0.5, 0.6) is 0 Å². The highest BCUT2D eigenvalue weighted by molar-refractivity contribution is 6.74. The molecule has 0 bridgehead atoms. The van der Waals surface area contributed by atoms with Crippen LogP contribution in [-0.2, 0) is 14.0 Å². The predicted molar refractivity (Wildman–Crippen MR) is 91.1 cm³/mol. The van der Waals surface area contributed by atoms with Gasteiger partial charge < -0.3 is 18.7 Å². The van der Waals surface area contributed by atoms with Crippen molar-refractivity contribution in [2.45, 2.75) is 51.4 Å². The van der Waals surface area contributed by atoms with Crippen LogP contribution in [0.15, 0.2) is 34.3 Å². The van der Waals surface area contributed by atoms with Gasteiger partial charge in [0.25, 0.3) is 0 Å². The summed E-state index contributed by atoms with van der Waals surface area (Å²) in [5.74, 6) is -0.835. The average molecular weight is 353 g/mol. The quantitative estimate of drug-likeness (QED) is 0.265. The summed E-state index contributed by atoms with van der Waals surface area (Å²) in [6.07, 6.45) is 0.826. The van der Waals surface area contributed by atoms with E-state index in [1.54, 1.807) is 12.1 Å². The number of furan rings is 1. The second-order valence-corrected chi connectivity index (χ2v) is 11.7. The highest BCUT2D eigenvalue weighted by Crippen LogP contribution is 2.41. The van der Waals surface area contributed by atoms with Crippen molar-refractivity contribution in [2.75, 3.05) is 7.11 Å². The van der Waals surface area contributed by atoms with Crippen LogP contribution >= 0.6 is 0 Å². The molecule has 1 N–H and O–H groups in total. The fourth-order valence-electron chi connectivity index (χ4n) is 1.79. The lowest BCUT2D eigenvalue weighted by Crippen LogP contribution is -2.41. The van der Waals surface area contributed by atoms with E-state index in [0.29, 0.717) is 5.76 Å². The Hall–Kier alpha value is -2.11. The topological polar surface area (TPSA) is 97.1 Å². The van der Waals surface area contributed by atoms with Gasteiger partial charge in [-0.15, -0.1) is 0 Å². The third-order valence-corrected chi connectivity index (χ3v) is 8.72. The number of ether oxygens (including phenoxy) is 1. The van der Waals surface area contributed by atoms with Gasteiger partial charge in [-0.3, -0.25) is 0 Å². The minimum absolute atomic E-state index is 0.0519. The summed E-state index contributed by atoms with van der Waals surface area (Å²) < 4.78 is 16.2. The van der Waals surface area contributed by atoms with Crippen LogP contribution < -0.4 is 0 Å². The molecule has 8 heteroatoms. The van der Waals surface area contributed by atoms with E-state index in [0.717, 1.165) is 7.11 Å². The fraction of sp³-hybridized carbons (Fsp3) is 0.562. The standard InChI is InChI=1S/C16H24N2O5Si/c1-16(2,3)24(5,6)23-13(12-8-7-9-22-12)10-11(19)14(18-17)15(20)21-4/h7-9,13H,10H2,1-6H3/p+1. The number of hydrogen-bond acceptors (Lipinski definition) is 6. The lowest BCUT2D eigenvalue weighted by atomic mass is 10.1. The fourth-order valence-corrected chi connectivity index (χ4v) is 3.06. The second kappa shape index (κ2) is 7.64. The molecule has 0 saturated heterocycles. The number of aliphatic hydroxyl groups excluding tert-OH is 1. The Morgan fingerprint density at radius 3 is 2.50 bits per heavy atom. The number of hydrogen-bond donors (Lipinski definition) is 1. The molecule has 0 amide bonds. The molecule has 0 aliphatic rings. The van der Waals surface area contributed by atoms with E-state index in [-0.39, 0.29) is 11.5 Å². The van der Waals surface area contributed by atoms with Gasteiger partial charge in [0, 0.05) is 6.42 Å². The Kier molecular flexibility index (Phi) is 6.34. The first kappa shape index (κ1) is 19.9. The third kappa shape index (κ3) is 4.69. The number of aliphatic hydroxyl groups is 1. The molecule has 1 atom stereocenters. The van der Waals surface area contributed by atoms with Gasteiger partial charge in [0.05, 0.1) is 13.4 Å². The molecule has 1 aromatic rings. The average Bonchev–Trinajstić information content (AvgIpc) is 2.99. The minimum atomic E-state index is -2.17. The van der Waals surface area contributed by atoms with Crippen LogP contribution in [0, 0.1) is 5.39 Å². The molecule has 0 radical (unpaired) electrons. The summed E-state index contributed by atoms with van der Waals surface area (Å²) in [6, 6.07) is 3.45. The van der Waals surface area contributed by atoms with E-state index < -0.39 is 31.8 Å². The number of diazo groups is 1. The van der Waals surface area contributed by atoms with Gasteiger partial charge in [-0.05, 0) is 30.3 Å². The Bertz CT molecular complexity index is 638. The maximum atomic E-state index is 11.5. The molecule has 0 aliphatic heterocycles. The summed E-state index contributed by atoms with van der Waals surface area (Å²) in [4.78, 5) is 14.4. The van der Waals surface area contributed by atoms with Gasteiger partial charge in [-0.25, -0.2) is 4.79 Å². The van der Waals surface area contributed by atoms with Crippen molar-refractivity contribution in [1.29, 1.82) is 5.39 Å². The van der Waals surface area contributed by atoms with Gasteiger partial charge >= 0.3 is 11.7 Å². The summed E-state index contributed by atoms with van der Waals surface area (Å²) in [5, 5.41) is 19.1. The number of methoxy groups -OCH3 is 1. The molecular formula is C16H25N2O5Si+. The summed E-state index contributed by atoms with van der Waals surface area (Å²) in [7, 11) is -1.04. The number of carbonyl (C=O) groups excluding carboxylic acids is 1. The largest absolute Gasteiger partial charge is 0.505 e. The second-order valence-electron chi connectivity index (χ2n) is 6.97. The van der Waals surface area contributed by atoms with E-state index in [4.69, 9.17) is 14.2 Å². The van der Waals surface area contributed by atoms with Gasteiger partial charge in [0.1, 0.15) is 11.9 Å². The van der Waals surface area contributed by atoms with E-state index >= 15 is 0 Å². The zero-order valence-electron chi connectivity index (χ0n) is 15.0. The summed E-state index contributed by atoms with van der Waals surface area (Å²) >= 11 is 0. The van der Waals surface area contributed by atoms with Gasteiger partial charge in [0.15, 0.2) is 19.1 Å². The zero-order valence-corrected chi connectivity index (χ0v) is 16.0. The van der Waals surface area contributed by atoms with E-state index in [9.17, 15) is 9.90 Å². The van der Waals surface area contributed by atoms with Crippen LogP contribution in [0.1, 0.15) is 39.1 Å². The summed E-state index contributed by atoms with van der Waals surface area (Å²) in [5.41, 5.74) is -0.548. The molecule has 7 nitrogen and oxygen atoms in total.